The highest BCUT2D eigenvalue weighted by molar-refractivity contribution is 7.98. The molecule has 1 amide bonds. The molecule has 1 rings (SSSR count). The molecule has 0 aliphatic rings. The molecule has 5 heteroatoms. The molecule has 0 radical (unpaired) electrons. The zero-order valence-electron chi connectivity index (χ0n) is 11.0. The Morgan fingerprint density at radius 1 is 1.37 bits per heavy atom. The second-order valence-corrected chi connectivity index (χ2v) is 5.29. The van der Waals surface area contributed by atoms with E-state index in [1.165, 1.54) is 11.1 Å². The number of carbonyl (C=O) groups is 2. The first-order valence-electron chi connectivity index (χ1n) is 6.25. The predicted molar refractivity (Wildman–Crippen MR) is 77.2 cm³/mol. The molecule has 0 saturated heterocycles. The number of thioether (sulfide) groups is 1. The number of hydrogen-bond donors (Lipinski definition) is 2. The summed E-state index contributed by atoms with van der Waals surface area (Å²) in [6, 6.07) is 7.65. The lowest BCUT2D eigenvalue weighted by Crippen LogP contribution is -2.36. The van der Waals surface area contributed by atoms with E-state index in [2.05, 4.69) is 36.5 Å². The fourth-order valence-corrected chi connectivity index (χ4v) is 2.60. The molecule has 1 unspecified atom stereocenters. The monoisotopic (exact) mass is 281 g/mol. The molecule has 1 aromatic rings. The number of hydrogen-bond acceptors (Lipinski definition) is 3. The van der Waals surface area contributed by atoms with Crippen molar-refractivity contribution in [1.82, 2.24) is 5.32 Å². The minimum atomic E-state index is -0.986. The van der Waals surface area contributed by atoms with Crippen molar-refractivity contribution >= 4 is 24.1 Å². The van der Waals surface area contributed by atoms with Crippen LogP contribution >= 0.6 is 11.8 Å². The van der Waals surface area contributed by atoms with Crippen molar-refractivity contribution in [2.45, 2.75) is 31.6 Å². The van der Waals surface area contributed by atoms with Gasteiger partial charge in [-0.2, -0.15) is 11.8 Å². The van der Waals surface area contributed by atoms with Gasteiger partial charge >= 0.3 is 5.97 Å². The van der Waals surface area contributed by atoms with Crippen LogP contribution in [0.3, 0.4) is 0 Å². The zero-order chi connectivity index (χ0) is 14.1. The maximum Gasteiger partial charge on any atom is 0.326 e. The van der Waals surface area contributed by atoms with E-state index in [1.807, 2.05) is 0 Å². The van der Waals surface area contributed by atoms with E-state index in [1.54, 1.807) is 11.8 Å². The maximum atomic E-state index is 10.8. The third-order valence-corrected chi connectivity index (χ3v) is 3.88. The summed E-state index contributed by atoms with van der Waals surface area (Å²) in [5.41, 5.74) is 2.55. The molecular weight excluding hydrogens is 262 g/mol. The Kier molecular flexibility index (Phi) is 7.03. The van der Waals surface area contributed by atoms with Crippen LogP contribution in [0, 0.1) is 0 Å². The van der Waals surface area contributed by atoms with Crippen molar-refractivity contribution in [1.29, 1.82) is 0 Å². The van der Waals surface area contributed by atoms with Gasteiger partial charge < -0.3 is 10.4 Å². The summed E-state index contributed by atoms with van der Waals surface area (Å²) in [7, 11) is 0. The number of aryl methyl sites for hydroxylation is 1. The molecule has 0 bridgehead atoms. The third kappa shape index (κ3) is 5.79. The van der Waals surface area contributed by atoms with Crippen molar-refractivity contribution < 1.29 is 14.7 Å². The predicted octanol–water partition coefficient (Wildman–Crippen LogP) is 2.07. The van der Waals surface area contributed by atoms with Gasteiger partial charge in [0.05, 0.1) is 0 Å². The van der Waals surface area contributed by atoms with Crippen LogP contribution in [0.15, 0.2) is 24.3 Å². The Morgan fingerprint density at radius 3 is 2.53 bits per heavy atom. The highest BCUT2D eigenvalue weighted by Crippen LogP contribution is 2.15. The summed E-state index contributed by atoms with van der Waals surface area (Å²) in [5, 5.41) is 11.2. The molecule has 1 atom stereocenters. The van der Waals surface area contributed by atoms with Crippen LogP contribution in [-0.2, 0) is 21.8 Å². The molecule has 104 valence electrons. The fourth-order valence-electron chi connectivity index (χ4n) is 1.62. The smallest absolute Gasteiger partial charge is 0.326 e. The van der Waals surface area contributed by atoms with Gasteiger partial charge in [-0.1, -0.05) is 31.2 Å². The Balaban J connectivity index is 2.29. The highest BCUT2D eigenvalue weighted by Gasteiger charge is 2.15. The van der Waals surface area contributed by atoms with Gasteiger partial charge in [-0.05, 0) is 29.7 Å². The van der Waals surface area contributed by atoms with Crippen molar-refractivity contribution in [2.24, 2.45) is 0 Å². The van der Waals surface area contributed by atoms with Crippen LogP contribution in [-0.4, -0.2) is 29.3 Å². The van der Waals surface area contributed by atoms with Crippen molar-refractivity contribution in [3.8, 4) is 0 Å². The normalized spacial score (nSPS) is 11.8. The molecule has 4 nitrogen and oxygen atoms in total. The largest absolute Gasteiger partial charge is 0.480 e. The van der Waals surface area contributed by atoms with Gasteiger partial charge in [0.15, 0.2) is 0 Å². The van der Waals surface area contributed by atoms with Gasteiger partial charge in [-0.3, -0.25) is 4.79 Å². The fraction of sp³-hybridized carbons (Fsp3) is 0.429. The van der Waals surface area contributed by atoms with Gasteiger partial charge in [0, 0.05) is 5.75 Å². The average Bonchev–Trinajstić information content (AvgIpc) is 2.42. The van der Waals surface area contributed by atoms with Crippen molar-refractivity contribution in [2.75, 3.05) is 5.75 Å². The number of carboxylic acid groups (broad SMARTS) is 1. The molecule has 0 aromatic heterocycles. The van der Waals surface area contributed by atoms with E-state index in [0.717, 1.165) is 12.2 Å². The van der Waals surface area contributed by atoms with Gasteiger partial charge in [0.25, 0.3) is 0 Å². The molecule has 1 aromatic carbocycles. The molecule has 0 fully saturated rings. The number of benzene rings is 1. The average molecular weight is 281 g/mol. The SMILES string of the molecule is CCc1ccc(CSCCC(NC=O)C(=O)O)cc1. The summed E-state index contributed by atoms with van der Waals surface area (Å²) in [5.74, 6) is 0.574. The van der Waals surface area contributed by atoms with Crippen molar-refractivity contribution in [3.63, 3.8) is 0 Å². The van der Waals surface area contributed by atoms with Crippen LogP contribution in [0.1, 0.15) is 24.5 Å². The minimum Gasteiger partial charge on any atom is -0.480 e. The minimum absolute atomic E-state index is 0.436. The topological polar surface area (TPSA) is 66.4 Å². The van der Waals surface area contributed by atoms with E-state index in [0.29, 0.717) is 18.6 Å². The molecule has 0 saturated carbocycles. The number of nitrogens with one attached hydrogen (secondary N) is 1. The van der Waals surface area contributed by atoms with Crippen LogP contribution in [0.5, 0.6) is 0 Å². The van der Waals surface area contributed by atoms with Crippen molar-refractivity contribution in [3.05, 3.63) is 35.4 Å². The maximum absolute atomic E-state index is 10.8. The number of amides is 1. The Bertz CT molecular complexity index is 406. The number of carboxylic acids is 1. The first-order chi connectivity index (χ1) is 9.17. The highest BCUT2D eigenvalue weighted by atomic mass is 32.2. The zero-order valence-corrected chi connectivity index (χ0v) is 11.8. The van der Waals surface area contributed by atoms with Crippen LogP contribution in [0.25, 0.3) is 0 Å². The lowest BCUT2D eigenvalue weighted by molar-refractivity contribution is -0.140. The summed E-state index contributed by atoms with van der Waals surface area (Å²) < 4.78 is 0. The lowest BCUT2D eigenvalue weighted by atomic mass is 10.1. The van der Waals surface area contributed by atoms with E-state index in [9.17, 15) is 9.59 Å². The van der Waals surface area contributed by atoms with Crippen LogP contribution in [0.2, 0.25) is 0 Å². The number of carbonyl (C=O) groups excluding carboxylic acids is 1. The molecule has 0 spiro atoms. The van der Waals surface area contributed by atoms with Crippen LogP contribution in [0.4, 0.5) is 0 Å². The Morgan fingerprint density at radius 2 is 2.00 bits per heavy atom. The summed E-state index contributed by atoms with van der Waals surface area (Å²) in [6.45, 7) is 2.12. The third-order valence-electron chi connectivity index (χ3n) is 2.82. The molecular formula is C14H19NO3S. The molecule has 0 heterocycles. The second-order valence-electron chi connectivity index (χ2n) is 4.19. The van der Waals surface area contributed by atoms with Gasteiger partial charge in [-0.25, -0.2) is 4.79 Å². The van der Waals surface area contributed by atoms with E-state index < -0.39 is 12.0 Å². The molecule has 2 N–H and O–H groups in total. The van der Waals surface area contributed by atoms with Gasteiger partial charge in [0.2, 0.25) is 6.41 Å². The first kappa shape index (κ1) is 15.6. The lowest BCUT2D eigenvalue weighted by Gasteiger charge is -2.10. The van der Waals surface area contributed by atoms with E-state index in [4.69, 9.17) is 5.11 Å². The molecule has 19 heavy (non-hydrogen) atoms. The standard InChI is InChI=1S/C14H19NO3S/c1-2-11-3-5-12(6-4-11)9-19-8-7-13(14(17)18)15-10-16/h3-6,10,13H,2,7-9H2,1H3,(H,15,16)(H,17,18). The summed E-state index contributed by atoms with van der Waals surface area (Å²) >= 11 is 1.67. The first-order valence-corrected chi connectivity index (χ1v) is 7.41. The van der Waals surface area contributed by atoms with Gasteiger partial charge in [0.1, 0.15) is 6.04 Å². The van der Waals surface area contributed by atoms with E-state index in [-0.39, 0.29) is 0 Å². The molecule has 0 aliphatic carbocycles. The number of aliphatic carboxylic acids is 1. The van der Waals surface area contributed by atoms with E-state index >= 15 is 0 Å². The summed E-state index contributed by atoms with van der Waals surface area (Å²) in [4.78, 5) is 21.0. The van der Waals surface area contributed by atoms with Crippen LogP contribution < -0.4 is 5.32 Å². The Labute approximate surface area is 117 Å². The molecule has 0 aliphatic heterocycles. The summed E-state index contributed by atoms with van der Waals surface area (Å²) in [6.07, 6.45) is 1.91. The second kappa shape index (κ2) is 8.58. The van der Waals surface area contributed by atoms with Gasteiger partial charge in [-0.15, -0.1) is 0 Å². The quantitative estimate of drug-likeness (QED) is 0.537. The Hall–Kier alpha value is -1.49. The number of rotatable bonds is 9.